The smallest absolute Gasteiger partial charge is 0.251 e. The molecule has 0 bridgehead atoms. The maximum absolute atomic E-state index is 11.9. The van der Waals surface area contributed by atoms with Gasteiger partial charge in [0.2, 0.25) is 5.91 Å². The lowest BCUT2D eigenvalue weighted by Gasteiger charge is -2.17. The highest BCUT2D eigenvalue weighted by Crippen LogP contribution is 2.22. The summed E-state index contributed by atoms with van der Waals surface area (Å²) in [4.78, 5) is 25.1. The van der Waals surface area contributed by atoms with Gasteiger partial charge in [-0.3, -0.25) is 9.59 Å². The number of nitrogens with zero attached hydrogens (tertiary/aromatic N) is 1. The lowest BCUT2D eigenvalue weighted by molar-refractivity contribution is -0.122. The predicted octanol–water partition coefficient (Wildman–Crippen LogP) is 0.199. The number of rotatable bonds is 4. The molecular weight excluding hydrogens is 244 g/mol. The Hall–Kier alpha value is -2.24. The molecule has 104 valence electrons. The topological polar surface area (TPSA) is 87.5 Å². The SMILES string of the molecule is CNC(=O)C(C)NC(=O)c1ccc(N(C)C)c(N)c1. The molecule has 0 radical (unpaired) electrons. The van der Waals surface area contributed by atoms with Crippen molar-refractivity contribution in [2.75, 3.05) is 31.8 Å². The molecule has 1 aromatic carbocycles. The third-order valence-electron chi connectivity index (χ3n) is 2.76. The van der Waals surface area contributed by atoms with Crippen LogP contribution in [-0.4, -0.2) is 39.0 Å². The number of nitrogens with one attached hydrogen (secondary N) is 2. The van der Waals surface area contributed by atoms with Crippen molar-refractivity contribution in [3.05, 3.63) is 23.8 Å². The molecule has 19 heavy (non-hydrogen) atoms. The largest absolute Gasteiger partial charge is 0.397 e. The second-order valence-electron chi connectivity index (χ2n) is 4.48. The Bertz CT molecular complexity index is 486. The van der Waals surface area contributed by atoms with E-state index in [1.165, 1.54) is 7.05 Å². The highest BCUT2D eigenvalue weighted by atomic mass is 16.2. The molecule has 0 heterocycles. The van der Waals surface area contributed by atoms with Crippen molar-refractivity contribution in [1.82, 2.24) is 10.6 Å². The molecule has 0 spiro atoms. The van der Waals surface area contributed by atoms with Crippen molar-refractivity contribution in [1.29, 1.82) is 0 Å². The summed E-state index contributed by atoms with van der Waals surface area (Å²) >= 11 is 0. The van der Waals surface area contributed by atoms with E-state index in [0.717, 1.165) is 5.69 Å². The number of benzene rings is 1. The number of carbonyl (C=O) groups excluding carboxylic acids is 2. The Kier molecular flexibility index (Phi) is 4.74. The fourth-order valence-electron chi connectivity index (χ4n) is 1.67. The van der Waals surface area contributed by atoms with Crippen LogP contribution in [0.2, 0.25) is 0 Å². The third-order valence-corrected chi connectivity index (χ3v) is 2.76. The molecule has 1 rings (SSSR count). The van der Waals surface area contributed by atoms with Gasteiger partial charge in [0, 0.05) is 26.7 Å². The standard InChI is InChI=1S/C13H20N4O2/c1-8(12(18)15-2)16-13(19)9-5-6-11(17(3)4)10(14)7-9/h5-8H,14H2,1-4H3,(H,15,18)(H,16,19). The van der Waals surface area contributed by atoms with Gasteiger partial charge in [0.15, 0.2) is 0 Å². The summed E-state index contributed by atoms with van der Waals surface area (Å²) in [6.07, 6.45) is 0. The minimum Gasteiger partial charge on any atom is -0.397 e. The van der Waals surface area contributed by atoms with Crippen LogP contribution in [0.1, 0.15) is 17.3 Å². The Morgan fingerprint density at radius 3 is 2.42 bits per heavy atom. The van der Waals surface area contributed by atoms with Gasteiger partial charge in [-0.25, -0.2) is 0 Å². The van der Waals surface area contributed by atoms with E-state index in [1.54, 1.807) is 25.1 Å². The zero-order chi connectivity index (χ0) is 14.6. The molecule has 6 heteroatoms. The number of hydrogen-bond donors (Lipinski definition) is 3. The Morgan fingerprint density at radius 1 is 1.32 bits per heavy atom. The van der Waals surface area contributed by atoms with Crippen molar-refractivity contribution in [3.63, 3.8) is 0 Å². The predicted molar refractivity (Wildman–Crippen MR) is 76.2 cm³/mol. The minimum atomic E-state index is -0.591. The molecule has 4 N–H and O–H groups in total. The van der Waals surface area contributed by atoms with Crippen molar-refractivity contribution in [2.24, 2.45) is 0 Å². The summed E-state index contributed by atoms with van der Waals surface area (Å²) in [6.45, 7) is 1.62. The quantitative estimate of drug-likeness (QED) is 0.678. The molecular formula is C13H20N4O2. The lowest BCUT2D eigenvalue weighted by atomic mass is 10.1. The Morgan fingerprint density at radius 2 is 1.95 bits per heavy atom. The van der Waals surface area contributed by atoms with Crippen molar-refractivity contribution in [2.45, 2.75) is 13.0 Å². The molecule has 0 aromatic heterocycles. The van der Waals surface area contributed by atoms with E-state index in [1.807, 2.05) is 19.0 Å². The van der Waals surface area contributed by atoms with E-state index in [0.29, 0.717) is 11.3 Å². The molecule has 0 fully saturated rings. The molecule has 0 aliphatic carbocycles. The molecule has 1 aromatic rings. The zero-order valence-corrected chi connectivity index (χ0v) is 11.7. The number of nitrogens with two attached hydrogens (primary N) is 1. The first kappa shape index (κ1) is 14.8. The molecule has 0 aliphatic rings. The molecule has 1 atom stereocenters. The molecule has 0 aliphatic heterocycles. The summed E-state index contributed by atoms with van der Waals surface area (Å²) < 4.78 is 0. The second-order valence-corrected chi connectivity index (χ2v) is 4.48. The van der Waals surface area contributed by atoms with Crippen LogP contribution in [0.4, 0.5) is 11.4 Å². The van der Waals surface area contributed by atoms with Crippen LogP contribution >= 0.6 is 0 Å². The van der Waals surface area contributed by atoms with E-state index in [4.69, 9.17) is 5.73 Å². The highest BCUT2D eigenvalue weighted by molar-refractivity contribution is 5.98. The van der Waals surface area contributed by atoms with Gasteiger partial charge in [-0.05, 0) is 25.1 Å². The molecule has 6 nitrogen and oxygen atoms in total. The van der Waals surface area contributed by atoms with Gasteiger partial charge >= 0.3 is 0 Å². The number of likely N-dealkylation sites (N-methyl/N-ethyl adjacent to an activating group) is 1. The van der Waals surface area contributed by atoms with Crippen LogP contribution in [-0.2, 0) is 4.79 Å². The maximum atomic E-state index is 11.9. The van der Waals surface area contributed by atoms with Gasteiger partial charge < -0.3 is 21.3 Å². The van der Waals surface area contributed by atoms with Gasteiger partial charge in [0.25, 0.3) is 5.91 Å². The summed E-state index contributed by atoms with van der Waals surface area (Å²) in [6, 6.07) is 4.46. The third kappa shape index (κ3) is 3.61. The molecule has 0 saturated carbocycles. The van der Waals surface area contributed by atoms with Crippen LogP contribution < -0.4 is 21.3 Å². The van der Waals surface area contributed by atoms with Gasteiger partial charge in [-0.15, -0.1) is 0 Å². The fraction of sp³-hybridized carbons (Fsp3) is 0.385. The second kappa shape index (κ2) is 6.08. The Labute approximate surface area is 113 Å². The number of amides is 2. The average Bonchev–Trinajstić information content (AvgIpc) is 2.36. The zero-order valence-electron chi connectivity index (χ0n) is 11.7. The van der Waals surface area contributed by atoms with E-state index < -0.39 is 6.04 Å². The van der Waals surface area contributed by atoms with Crippen LogP contribution in [0.5, 0.6) is 0 Å². The van der Waals surface area contributed by atoms with Crippen LogP contribution in [0, 0.1) is 0 Å². The molecule has 2 amide bonds. The lowest BCUT2D eigenvalue weighted by Crippen LogP contribution is -2.43. The minimum absolute atomic E-state index is 0.244. The van der Waals surface area contributed by atoms with Gasteiger partial charge in [0.05, 0.1) is 11.4 Å². The summed E-state index contributed by atoms with van der Waals surface area (Å²) in [5.41, 5.74) is 7.67. The van der Waals surface area contributed by atoms with E-state index in [2.05, 4.69) is 10.6 Å². The molecule has 1 unspecified atom stereocenters. The first-order valence-corrected chi connectivity index (χ1v) is 5.96. The normalized spacial score (nSPS) is 11.6. The number of hydrogen-bond acceptors (Lipinski definition) is 4. The number of carbonyl (C=O) groups is 2. The van der Waals surface area contributed by atoms with Gasteiger partial charge in [-0.1, -0.05) is 0 Å². The maximum Gasteiger partial charge on any atom is 0.251 e. The summed E-state index contributed by atoms with van der Waals surface area (Å²) in [5.74, 6) is -0.570. The Balaban J connectivity index is 2.84. The van der Waals surface area contributed by atoms with Gasteiger partial charge in [-0.2, -0.15) is 0 Å². The van der Waals surface area contributed by atoms with Crippen molar-refractivity contribution in [3.8, 4) is 0 Å². The summed E-state index contributed by atoms with van der Waals surface area (Å²) in [5, 5.41) is 5.07. The van der Waals surface area contributed by atoms with E-state index >= 15 is 0 Å². The van der Waals surface area contributed by atoms with Crippen molar-refractivity contribution >= 4 is 23.2 Å². The van der Waals surface area contributed by atoms with Crippen LogP contribution in [0.15, 0.2) is 18.2 Å². The highest BCUT2D eigenvalue weighted by Gasteiger charge is 2.16. The summed E-state index contributed by atoms with van der Waals surface area (Å²) in [7, 11) is 5.27. The first-order chi connectivity index (χ1) is 8.86. The fourth-order valence-corrected chi connectivity index (χ4v) is 1.67. The van der Waals surface area contributed by atoms with E-state index in [-0.39, 0.29) is 11.8 Å². The van der Waals surface area contributed by atoms with Crippen LogP contribution in [0.25, 0.3) is 0 Å². The first-order valence-electron chi connectivity index (χ1n) is 5.96. The molecule has 0 saturated heterocycles. The number of anilines is 2. The van der Waals surface area contributed by atoms with Crippen molar-refractivity contribution < 1.29 is 9.59 Å². The van der Waals surface area contributed by atoms with E-state index in [9.17, 15) is 9.59 Å². The average molecular weight is 264 g/mol. The monoisotopic (exact) mass is 264 g/mol. The number of nitrogen functional groups attached to an aromatic ring is 1. The van der Waals surface area contributed by atoms with Gasteiger partial charge in [0.1, 0.15) is 6.04 Å². The van der Waals surface area contributed by atoms with Crippen LogP contribution in [0.3, 0.4) is 0 Å².